The van der Waals surface area contributed by atoms with Crippen LogP contribution in [0, 0.1) is 0 Å². The lowest BCUT2D eigenvalue weighted by Gasteiger charge is -2.14. The van der Waals surface area contributed by atoms with Gasteiger partial charge in [-0.3, -0.25) is 0 Å². The summed E-state index contributed by atoms with van der Waals surface area (Å²) in [6.07, 6.45) is 4.27. The third-order valence-corrected chi connectivity index (χ3v) is 5.75. The number of carboxylic acid groups (broad SMARTS) is 1. The topological polar surface area (TPSA) is 78.4 Å². The fourth-order valence-electron chi connectivity index (χ4n) is 2.34. The Morgan fingerprint density at radius 3 is 2.71 bits per heavy atom. The molecule has 1 atom stereocenters. The van der Waals surface area contributed by atoms with Crippen molar-refractivity contribution >= 4 is 40.4 Å². The van der Waals surface area contributed by atoms with Crippen LogP contribution in [0.4, 0.5) is 10.5 Å². The number of aromatic carboxylic acids is 1. The molecule has 0 aliphatic carbocycles. The minimum atomic E-state index is -1.03. The monoisotopic (exact) mass is 366 g/mol. The molecule has 3 N–H and O–H groups in total. The van der Waals surface area contributed by atoms with E-state index in [2.05, 4.69) is 17.6 Å². The van der Waals surface area contributed by atoms with Gasteiger partial charge in [-0.05, 0) is 30.9 Å². The average Bonchev–Trinajstić information content (AvgIpc) is 3.16. The van der Waals surface area contributed by atoms with Crippen molar-refractivity contribution in [1.29, 1.82) is 0 Å². The van der Waals surface area contributed by atoms with Crippen molar-refractivity contribution in [2.75, 3.05) is 5.32 Å². The highest BCUT2D eigenvalue weighted by molar-refractivity contribution is 7.22. The molecule has 0 spiro atoms. The van der Waals surface area contributed by atoms with E-state index in [0.717, 1.165) is 35.4 Å². The first-order valence-corrected chi connectivity index (χ1v) is 9.69. The molecule has 0 fully saturated rings. The highest BCUT2D eigenvalue weighted by Gasteiger charge is 2.19. The highest BCUT2D eigenvalue weighted by Crippen LogP contribution is 2.37. The van der Waals surface area contributed by atoms with Crippen molar-refractivity contribution in [1.82, 2.24) is 5.32 Å². The Morgan fingerprint density at radius 1 is 1.29 bits per heavy atom. The summed E-state index contributed by atoms with van der Waals surface area (Å²) in [5.41, 5.74) is 0.342. The zero-order valence-corrected chi connectivity index (χ0v) is 15.4. The van der Waals surface area contributed by atoms with Gasteiger partial charge in [0.05, 0.1) is 5.69 Å². The van der Waals surface area contributed by atoms with Gasteiger partial charge in [0.1, 0.15) is 4.88 Å². The van der Waals surface area contributed by atoms with Crippen LogP contribution in [0.3, 0.4) is 0 Å². The summed E-state index contributed by atoms with van der Waals surface area (Å²) in [5, 5.41) is 16.8. The Morgan fingerprint density at radius 2 is 2.08 bits per heavy atom. The van der Waals surface area contributed by atoms with Gasteiger partial charge in [-0.15, -0.1) is 22.7 Å². The first kappa shape index (κ1) is 18.5. The van der Waals surface area contributed by atoms with Crippen LogP contribution in [0.1, 0.15) is 49.2 Å². The zero-order chi connectivity index (χ0) is 17.5. The van der Waals surface area contributed by atoms with E-state index in [4.69, 9.17) is 0 Å². The van der Waals surface area contributed by atoms with Crippen molar-refractivity contribution in [3.8, 4) is 9.75 Å². The number of urea groups is 1. The first-order chi connectivity index (χ1) is 11.5. The lowest BCUT2D eigenvalue weighted by Crippen LogP contribution is -2.36. The molecule has 1 unspecified atom stereocenters. The molecule has 0 aliphatic rings. The molecule has 2 rings (SSSR count). The van der Waals surface area contributed by atoms with E-state index in [1.54, 1.807) is 6.07 Å². The van der Waals surface area contributed by atoms with Gasteiger partial charge in [0.15, 0.2) is 0 Å². The summed E-state index contributed by atoms with van der Waals surface area (Å²) < 4.78 is 0. The fraction of sp³-hybridized carbons (Fsp3) is 0.412. The average molecular weight is 367 g/mol. The number of rotatable bonds is 8. The Kier molecular flexibility index (Phi) is 6.81. The van der Waals surface area contributed by atoms with Crippen LogP contribution in [0.5, 0.6) is 0 Å². The lowest BCUT2D eigenvalue weighted by atomic mass is 10.1. The number of carboxylic acids is 1. The van der Waals surface area contributed by atoms with E-state index in [9.17, 15) is 14.7 Å². The summed E-state index contributed by atoms with van der Waals surface area (Å²) in [7, 11) is 0. The number of amides is 2. The van der Waals surface area contributed by atoms with Crippen LogP contribution < -0.4 is 10.6 Å². The summed E-state index contributed by atoms with van der Waals surface area (Å²) >= 11 is 2.71. The number of unbranched alkanes of at least 4 members (excludes halogenated alkanes) is 2. The molecule has 7 heteroatoms. The second-order valence-electron chi connectivity index (χ2n) is 5.63. The maximum atomic E-state index is 12.1. The van der Waals surface area contributed by atoms with E-state index >= 15 is 0 Å². The minimum Gasteiger partial charge on any atom is -0.477 e. The Hall–Kier alpha value is -1.86. The van der Waals surface area contributed by atoms with E-state index in [-0.39, 0.29) is 17.0 Å². The summed E-state index contributed by atoms with van der Waals surface area (Å²) in [4.78, 5) is 25.5. The van der Waals surface area contributed by atoms with Gasteiger partial charge < -0.3 is 15.7 Å². The molecule has 130 valence electrons. The number of anilines is 1. The molecule has 2 amide bonds. The van der Waals surface area contributed by atoms with E-state index in [1.807, 2.05) is 24.4 Å². The molecule has 2 aromatic rings. The highest BCUT2D eigenvalue weighted by atomic mass is 32.1. The summed E-state index contributed by atoms with van der Waals surface area (Å²) in [5.74, 6) is -1.03. The molecule has 0 bridgehead atoms. The van der Waals surface area contributed by atoms with Gasteiger partial charge in [-0.1, -0.05) is 32.3 Å². The molecule has 0 saturated heterocycles. The van der Waals surface area contributed by atoms with Gasteiger partial charge in [-0.25, -0.2) is 9.59 Å². The predicted octanol–water partition coefficient (Wildman–Crippen LogP) is 5.27. The van der Waals surface area contributed by atoms with Crippen LogP contribution in [0.25, 0.3) is 9.75 Å². The van der Waals surface area contributed by atoms with Crippen LogP contribution in [0.2, 0.25) is 0 Å². The Labute approximate surface area is 149 Å². The van der Waals surface area contributed by atoms with Crippen molar-refractivity contribution in [3.05, 3.63) is 28.5 Å². The van der Waals surface area contributed by atoms with E-state index in [1.165, 1.54) is 22.7 Å². The summed E-state index contributed by atoms with van der Waals surface area (Å²) in [6.45, 7) is 4.10. The zero-order valence-electron chi connectivity index (χ0n) is 13.8. The SMILES string of the molecule is CCCCCC(C)NC(=O)Nc1cc(-c2cccs2)sc1C(=O)O. The smallest absolute Gasteiger partial charge is 0.348 e. The lowest BCUT2D eigenvalue weighted by molar-refractivity contribution is 0.0703. The molecule has 0 aliphatic heterocycles. The van der Waals surface area contributed by atoms with Gasteiger partial charge >= 0.3 is 12.0 Å². The standard InChI is InChI=1S/C17H22N2O3S2/c1-3-4-5-7-11(2)18-17(22)19-12-10-14(13-8-6-9-23-13)24-15(12)16(20)21/h6,8-11H,3-5,7H2,1-2H3,(H,20,21)(H2,18,19,22). The first-order valence-electron chi connectivity index (χ1n) is 7.99. The van der Waals surface area contributed by atoms with Crippen LogP contribution in [-0.2, 0) is 0 Å². The number of carbonyl (C=O) groups is 2. The normalized spacial score (nSPS) is 11.9. The number of carbonyl (C=O) groups excluding carboxylic acids is 1. The minimum absolute atomic E-state index is 0.0558. The molecule has 5 nitrogen and oxygen atoms in total. The van der Waals surface area contributed by atoms with Crippen LogP contribution in [0.15, 0.2) is 23.6 Å². The molecule has 2 heterocycles. The fourth-order valence-corrected chi connectivity index (χ4v) is 4.12. The van der Waals surface area contributed by atoms with Gasteiger partial charge in [0, 0.05) is 15.8 Å². The molecular formula is C17H22N2O3S2. The van der Waals surface area contributed by atoms with Crippen molar-refractivity contribution in [3.63, 3.8) is 0 Å². The third-order valence-electron chi connectivity index (χ3n) is 3.56. The maximum absolute atomic E-state index is 12.1. The third kappa shape index (κ3) is 5.07. The van der Waals surface area contributed by atoms with Gasteiger partial charge in [0.2, 0.25) is 0 Å². The number of hydrogen-bond acceptors (Lipinski definition) is 4. The number of nitrogens with one attached hydrogen (secondary N) is 2. The predicted molar refractivity (Wildman–Crippen MR) is 100 cm³/mol. The molecular weight excluding hydrogens is 344 g/mol. The largest absolute Gasteiger partial charge is 0.477 e. The van der Waals surface area contributed by atoms with Crippen LogP contribution in [-0.4, -0.2) is 23.1 Å². The molecule has 0 aromatic carbocycles. The second-order valence-corrected chi connectivity index (χ2v) is 7.63. The van der Waals surface area contributed by atoms with E-state index < -0.39 is 5.97 Å². The number of hydrogen-bond donors (Lipinski definition) is 3. The van der Waals surface area contributed by atoms with Crippen molar-refractivity contribution < 1.29 is 14.7 Å². The van der Waals surface area contributed by atoms with Gasteiger partial charge in [0.25, 0.3) is 0 Å². The molecule has 2 aromatic heterocycles. The quantitative estimate of drug-likeness (QED) is 0.557. The summed E-state index contributed by atoms with van der Waals surface area (Å²) in [6, 6.07) is 5.26. The Balaban J connectivity index is 2.03. The Bertz CT molecular complexity index is 680. The maximum Gasteiger partial charge on any atom is 0.348 e. The molecule has 0 saturated carbocycles. The molecule has 24 heavy (non-hydrogen) atoms. The molecule has 0 radical (unpaired) electrons. The number of thiophene rings is 2. The van der Waals surface area contributed by atoms with Gasteiger partial charge in [-0.2, -0.15) is 0 Å². The van der Waals surface area contributed by atoms with Crippen molar-refractivity contribution in [2.24, 2.45) is 0 Å². The van der Waals surface area contributed by atoms with Crippen molar-refractivity contribution in [2.45, 2.75) is 45.6 Å². The van der Waals surface area contributed by atoms with Crippen LogP contribution >= 0.6 is 22.7 Å². The second kappa shape index (κ2) is 8.84. The van der Waals surface area contributed by atoms with E-state index in [0.29, 0.717) is 5.69 Å².